The Bertz CT molecular complexity index is 1260. The first-order chi connectivity index (χ1) is 17.7. The van der Waals surface area contributed by atoms with Gasteiger partial charge in [0.05, 0.1) is 12.1 Å². The lowest BCUT2D eigenvalue weighted by Crippen LogP contribution is -2.41. The Morgan fingerprint density at radius 3 is 2.38 bits per heavy atom. The summed E-state index contributed by atoms with van der Waals surface area (Å²) in [6.07, 6.45) is 3.73. The molecule has 0 aromatic heterocycles. The molecule has 3 aromatic carbocycles. The predicted octanol–water partition coefficient (Wildman–Crippen LogP) is 9.43. The summed E-state index contributed by atoms with van der Waals surface area (Å²) >= 11 is 17.9. The molecular weight excluding hydrogens is 587 g/mol. The maximum atomic E-state index is 13.7. The van der Waals surface area contributed by atoms with E-state index in [9.17, 15) is 4.79 Å². The molecule has 3 aromatic rings. The minimum absolute atomic E-state index is 0.0341. The highest BCUT2D eigenvalue weighted by molar-refractivity contribution is 9.10. The normalized spacial score (nSPS) is 18.9. The molecule has 0 aliphatic carbocycles. The van der Waals surface area contributed by atoms with Crippen molar-refractivity contribution in [1.29, 1.82) is 0 Å². The summed E-state index contributed by atoms with van der Waals surface area (Å²) in [5.74, 6) is 0.463. The molecule has 7 heteroatoms. The summed E-state index contributed by atoms with van der Waals surface area (Å²) in [7, 11) is 0. The number of amides is 1. The topological polar surface area (TPSA) is 32.3 Å². The van der Waals surface area contributed by atoms with Crippen molar-refractivity contribution in [3.63, 3.8) is 0 Å². The van der Waals surface area contributed by atoms with E-state index in [2.05, 4.69) is 70.6 Å². The molecule has 1 aliphatic rings. The fourth-order valence-electron chi connectivity index (χ4n) is 4.79. The van der Waals surface area contributed by atoms with Crippen LogP contribution in [0.3, 0.4) is 0 Å². The van der Waals surface area contributed by atoms with Crippen LogP contribution in [0.5, 0.6) is 0 Å². The molecule has 3 atom stereocenters. The van der Waals surface area contributed by atoms with E-state index in [0.29, 0.717) is 22.4 Å². The van der Waals surface area contributed by atoms with Gasteiger partial charge >= 0.3 is 0 Å². The van der Waals surface area contributed by atoms with Crippen molar-refractivity contribution in [2.24, 2.45) is 5.92 Å². The van der Waals surface area contributed by atoms with E-state index in [-0.39, 0.29) is 24.0 Å². The quantitative estimate of drug-likeness (QED) is 0.256. The monoisotopic (exact) mass is 616 g/mol. The van der Waals surface area contributed by atoms with Gasteiger partial charge < -0.3 is 5.32 Å². The van der Waals surface area contributed by atoms with Crippen LogP contribution >= 0.6 is 51.1 Å². The second kappa shape index (κ2) is 12.9. The third kappa shape index (κ3) is 7.42. The van der Waals surface area contributed by atoms with Crippen molar-refractivity contribution in [2.75, 3.05) is 0 Å². The van der Waals surface area contributed by atoms with Crippen LogP contribution in [-0.2, 0) is 4.79 Å². The van der Waals surface area contributed by atoms with Crippen molar-refractivity contribution in [1.82, 2.24) is 9.62 Å². The van der Waals surface area contributed by atoms with Crippen molar-refractivity contribution in [3.05, 3.63) is 110 Å². The first-order valence-electron chi connectivity index (χ1n) is 12.4. The minimum atomic E-state index is -0.302. The molecule has 0 saturated carbocycles. The van der Waals surface area contributed by atoms with E-state index in [4.69, 9.17) is 23.2 Å². The summed E-state index contributed by atoms with van der Waals surface area (Å²) in [5.41, 5.74) is 2.89. The standard InChI is InChI=1S/C30H31BrCl2N2OS/c1-19(2)16-20(3)34-30(36)27-14-15-28(21-6-4-8-23(31)17-21)35(37-26-12-10-24(32)11-13-26)29(27)22-7-5-9-25(33)18-22/h4-14,17-20,28-29H,15-16H2,1-3H3,(H,34,36). The van der Waals surface area contributed by atoms with Crippen LogP contribution in [0, 0.1) is 5.92 Å². The number of nitrogens with zero attached hydrogens (tertiary/aromatic N) is 1. The molecule has 37 heavy (non-hydrogen) atoms. The van der Waals surface area contributed by atoms with E-state index in [1.54, 1.807) is 11.9 Å². The van der Waals surface area contributed by atoms with Gasteiger partial charge in [-0.3, -0.25) is 4.79 Å². The molecule has 4 rings (SSSR count). The van der Waals surface area contributed by atoms with Crippen LogP contribution in [0.2, 0.25) is 10.0 Å². The van der Waals surface area contributed by atoms with Crippen LogP contribution in [0.25, 0.3) is 0 Å². The summed E-state index contributed by atoms with van der Waals surface area (Å²) in [6, 6.07) is 23.8. The van der Waals surface area contributed by atoms with E-state index in [1.165, 1.54) is 5.56 Å². The van der Waals surface area contributed by atoms with Gasteiger partial charge in [-0.1, -0.05) is 83.3 Å². The van der Waals surface area contributed by atoms with E-state index < -0.39 is 0 Å². The van der Waals surface area contributed by atoms with Crippen LogP contribution in [-0.4, -0.2) is 16.3 Å². The third-order valence-corrected chi connectivity index (χ3v) is 8.44. The lowest BCUT2D eigenvalue weighted by Gasteiger charge is -2.41. The second-order valence-corrected chi connectivity index (χ2v) is 12.7. The van der Waals surface area contributed by atoms with Crippen molar-refractivity contribution in [3.8, 4) is 0 Å². The average Bonchev–Trinajstić information content (AvgIpc) is 2.84. The Morgan fingerprint density at radius 1 is 1.00 bits per heavy atom. The zero-order valence-electron chi connectivity index (χ0n) is 21.1. The Labute approximate surface area is 242 Å². The third-order valence-electron chi connectivity index (χ3n) is 6.30. The SMILES string of the molecule is CC(C)CC(C)NC(=O)C1=CCC(c2cccc(Br)c2)N(Sc2ccc(Cl)cc2)C1c1cccc(Cl)c1. The number of nitrogens with one attached hydrogen (secondary N) is 1. The number of carbonyl (C=O) groups excluding carboxylic acids is 1. The number of carbonyl (C=O) groups is 1. The van der Waals surface area contributed by atoms with E-state index in [0.717, 1.165) is 26.9 Å². The molecule has 1 heterocycles. The Kier molecular flexibility index (Phi) is 9.82. The molecule has 3 unspecified atom stereocenters. The number of benzene rings is 3. The lowest BCUT2D eigenvalue weighted by molar-refractivity contribution is -0.118. The van der Waals surface area contributed by atoms with Gasteiger partial charge in [0.1, 0.15) is 0 Å². The molecular formula is C30H31BrCl2N2OS. The van der Waals surface area contributed by atoms with Crippen LogP contribution in [0.15, 0.2) is 93.8 Å². The number of rotatable bonds is 8. The van der Waals surface area contributed by atoms with Gasteiger partial charge in [-0.05, 0) is 97.3 Å². The van der Waals surface area contributed by atoms with Crippen LogP contribution in [0.1, 0.15) is 56.8 Å². The molecule has 1 N–H and O–H groups in total. The molecule has 194 valence electrons. The van der Waals surface area contributed by atoms with E-state index >= 15 is 0 Å². The Hall–Kier alpha value is -1.76. The number of halogens is 3. The largest absolute Gasteiger partial charge is 0.350 e. The summed E-state index contributed by atoms with van der Waals surface area (Å²) in [5, 5.41) is 4.59. The van der Waals surface area contributed by atoms with Gasteiger partial charge in [0.15, 0.2) is 0 Å². The first-order valence-corrected chi connectivity index (χ1v) is 14.8. The molecule has 0 radical (unpaired) electrons. The molecule has 0 spiro atoms. The Morgan fingerprint density at radius 2 is 1.70 bits per heavy atom. The fraction of sp³-hybridized carbons (Fsp3) is 0.300. The van der Waals surface area contributed by atoms with Gasteiger partial charge in [0.25, 0.3) is 0 Å². The highest BCUT2D eigenvalue weighted by atomic mass is 79.9. The Balaban J connectivity index is 1.80. The highest BCUT2D eigenvalue weighted by Gasteiger charge is 2.38. The second-order valence-electron chi connectivity index (χ2n) is 9.83. The van der Waals surface area contributed by atoms with Gasteiger partial charge in [0, 0.05) is 31.0 Å². The zero-order valence-corrected chi connectivity index (χ0v) is 25.0. The molecule has 0 bridgehead atoms. The number of hydrogen-bond donors (Lipinski definition) is 1. The van der Waals surface area contributed by atoms with Gasteiger partial charge in [0.2, 0.25) is 5.91 Å². The lowest BCUT2D eigenvalue weighted by atomic mass is 9.88. The summed E-state index contributed by atoms with van der Waals surface area (Å²) < 4.78 is 3.36. The van der Waals surface area contributed by atoms with Crippen LogP contribution < -0.4 is 5.32 Å². The first kappa shape index (κ1) is 28.3. The smallest absolute Gasteiger partial charge is 0.249 e. The number of hydrogen-bond acceptors (Lipinski definition) is 3. The van der Waals surface area contributed by atoms with E-state index in [1.807, 2.05) is 54.6 Å². The van der Waals surface area contributed by atoms with Crippen LogP contribution in [0.4, 0.5) is 0 Å². The highest BCUT2D eigenvalue weighted by Crippen LogP contribution is 2.48. The maximum Gasteiger partial charge on any atom is 0.249 e. The fourth-order valence-corrected chi connectivity index (χ4v) is 6.71. The van der Waals surface area contributed by atoms with Crippen molar-refractivity contribution < 1.29 is 4.79 Å². The molecule has 1 aliphatic heterocycles. The molecule has 0 saturated heterocycles. The molecule has 3 nitrogen and oxygen atoms in total. The average molecular weight is 618 g/mol. The minimum Gasteiger partial charge on any atom is -0.350 e. The molecule has 1 amide bonds. The van der Waals surface area contributed by atoms with Crippen molar-refractivity contribution >= 4 is 57.0 Å². The molecule has 0 fully saturated rings. The summed E-state index contributed by atoms with van der Waals surface area (Å²) in [6.45, 7) is 6.41. The zero-order chi connectivity index (χ0) is 26.5. The summed E-state index contributed by atoms with van der Waals surface area (Å²) in [4.78, 5) is 14.8. The maximum absolute atomic E-state index is 13.7. The predicted molar refractivity (Wildman–Crippen MR) is 160 cm³/mol. The van der Waals surface area contributed by atoms with Gasteiger partial charge in [-0.25, -0.2) is 4.31 Å². The van der Waals surface area contributed by atoms with Crippen molar-refractivity contribution in [2.45, 2.75) is 56.6 Å². The van der Waals surface area contributed by atoms with Gasteiger partial charge in [-0.2, -0.15) is 0 Å². The van der Waals surface area contributed by atoms with Gasteiger partial charge in [-0.15, -0.1) is 0 Å².